The van der Waals surface area contributed by atoms with Crippen molar-refractivity contribution in [3.05, 3.63) is 39.3 Å². The Balaban J connectivity index is 1.45. The zero-order chi connectivity index (χ0) is 18.6. The van der Waals surface area contributed by atoms with Crippen molar-refractivity contribution in [2.24, 2.45) is 0 Å². The molecule has 5 nitrogen and oxygen atoms in total. The highest BCUT2D eigenvalue weighted by Gasteiger charge is 2.31. The molecule has 1 saturated heterocycles. The van der Waals surface area contributed by atoms with Gasteiger partial charge in [0.05, 0.1) is 0 Å². The number of fused-ring (bicyclic) bond motifs is 1. The average molecular weight is 387 g/mol. The lowest BCUT2D eigenvalue weighted by Crippen LogP contribution is -2.38. The highest BCUT2D eigenvalue weighted by molar-refractivity contribution is 7.09. The fourth-order valence-electron chi connectivity index (χ4n) is 4.40. The van der Waals surface area contributed by atoms with Crippen LogP contribution in [0.4, 0.5) is 0 Å². The average Bonchev–Trinajstić information content (AvgIpc) is 3.35. The van der Waals surface area contributed by atoms with Crippen LogP contribution in [-0.2, 0) is 25.8 Å². The van der Waals surface area contributed by atoms with Gasteiger partial charge in [-0.15, -0.1) is 11.3 Å². The van der Waals surface area contributed by atoms with Gasteiger partial charge in [0.2, 0.25) is 0 Å². The number of rotatable bonds is 6. The van der Waals surface area contributed by atoms with Gasteiger partial charge in [0.25, 0.3) is 5.91 Å². The fraction of sp³-hybridized carbons (Fsp3) is 0.619. The van der Waals surface area contributed by atoms with E-state index in [9.17, 15) is 4.79 Å². The molecule has 0 spiro atoms. The van der Waals surface area contributed by atoms with Gasteiger partial charge in [-0.05, 0) is 63.3 Å². The van der Waals surface area contributed by atoms with Crippen molar-refractivity contribution >= 4 is 17.2 Å². The van der Waals surface area contributed by atoms with Crippen molar-refractivity contribution in [2.75, 3.05) is 19.6 Å². The number of carbonyl (C=O) groups excluding carboxylic acids is 1. The van der Waals surface area contributed by atoms with Crippen LogP contribution in [0.1, 0.15) is 59.2 Å². The summed E-state index contributed by atoms with van der Waals surface area (Å²) in [7, 11) is 0. The first-order valence-corrected chi connectivity index (χ1v) is 11.3. The van der Waals surface area contributed by atoms with Crippen LogP contribution in [0.2, 0.25) is 0 Å². The molecular formula is C21H30N4OS. The number of piperidine rings is 1. The van der Waals surface area contributed by atoms with Crippen molar-refractivity contribution in [1.82, 2.24) is 20.0 Å². The molecule has 6 heteroatoms. The second-order valence-electron chi connectivity index (χ2n) is 7.67. The maximum atomic E-state index is 13.1. The van der Waals surface area contributed by atoms with Crippen molar-refractivity contribution < 1.29 is 4.79 Å². The predicted octanol–water partition coefficient (Wildman–Crippen LogP) is 3.28. The number of aryl methyl sites for hydroxylation is 1. The van der Waals surface area contributed by atoms with E-state index in [0.29, 0.717) is 6.04 Å². The second-order valence-corrected chi connectivity index (χ2v) is 8.70. The highest BCUT2D eigenvalue weighted by Crippen LogP contribution is 2.27. The van der Waals surface area contributed by atoms with Crippen LogP contribution in [0.25, 0.3) is 0 Å². The largest absolute Gasteiger partial charge is 0.337 e. The van der Waals surface area contributed by atoms with E-state index in [4.69, 9.17) is 5.10 Å². The van der Waals surface area contributed by atoms with Crippen molar-refractivity contribution in [3.8, 4) is 0 Å². The number of aromatic nitrogens is 2. The molecular weight excluding hydrogens is 356 g/mol. The van der Waals surface area contributed by atoms with E-state index in [2.05, 4.69) is 34.4 Å². The van der Waals surface area contributed by atoms with E-state index in [1.165, 1.54) is 22.6 Å². The van der Waals surface area contributed by atoms with Crippen molar-refractivity contribution in [2.45, 2.75) is 64.5 Å². The molecule has 0 radical (unpaired) electrons. The summed E-state index contributed by atoms with van der Waals surface area (Å²) >= 11 is 1.82. The van der Waals surface area contributed by atoms with Crippen LogP contribution < -0.4 is 5.32 Å². The first-order chi connectivity index (χ1) is 13.3. The minimum absolute atomic E-state index is 0.150. The Morgan fingerprint density at radius 3 is 2.93 bits per heavy atom. The molecule has 146 valence electrons. The van der Waals surface area contributed by atoms with Gasteiger partial charge >= 0.3 is 0 Å². The molecule has 0 saturated carbocycles. The summed E-state index contributed by atoms with van der Waals surface area (Å²) < 4.78 is 2.06. The minimum Gasteiger partial charge on any atom is -0.337 e. The number of carbonyl (C=O) groups is 1. The van der Waals surface area contributed by atoms with Crippen molar-refractivity contribution in [3.63, 3.8) is 0 Å². The smallest absolute Gasteiger partial charge is 0.274 e. The number of nitrogens with one attached hydrogen (secondary N) is 1. The lowest BCUT2D eigenvalue weighted by molar-refractivity contribution is 0.0716. The summed E-state index contributed by atoms with van der Waals surface area (Å²) in [6.07, 6.45) is 7.62. The van der Waals surface area contributed by atoms with E-state index in [1.807, 2.05) is 16.2 Å². The molecule has 4 rings (SSSR count). The molecule has 1 aliphatic carbocycles. The topological polar surface area (TPSA) is 50.2 Å². The van der Waals surface area contributed by atoms with E-state index in [0.717, 1.165) is 70.4 Å². The third-order valence-electron chi connectivity index (χ3n) is 5.88. The summed E-state index contributed by atoms with van der Waals surface area (Å²) in [5.41, 5.74) is 3.21. The Labute approximate surface area is 165 Å². The van der Waals surface area contributed by atoms with Crippen LogP contribution in [0.5, 0.6) is 0 Å². The third kappa shape index (κ3) is 4.11. The molecule has 1 fully saturated rings. The van der Waals surface area contributed by atoms with Crippen molar-refractivity contribution in [1.29, 1.82) is 0 Å². The SMILES string of the molecule is CCn1nc(C(=O)N2CCCCC2)c2c1CC[C@@H](NCCc1cccs1)C2. The summed E-state index contributed by atoms with van der Waals surface area (Å²) in [6.45, 7) is 5.72. The maximum absolute atomic E-state index is 13.1. The van der Waals surface area contributed by atoms with E-state index in [-0.39, 0.29) is 5.91 Å². The Kier molecular flexibility index (Phi) is 5.93. The Hall–Kier alpha value is -1.66. The van der Waals surface area contributed by atoms with Gasteiger partial charge in [-0.1, -0.05) is 6.07 Å². The number of thiophene rings is 1. The molecule has 0 bridgehead atoms. The monoisotopic (exact) mass is 386 g/mol. The Morgan fingerprint density at radius 2 is 2.19 bits per heavy atom. The van der Waals surface area contributed by atoms with Gasteiger partial charge in [0.1, 0.15) is 0 Å². The molecule has 27 heavy (non-hydrogen) atoms. The minimum atomic E-state index is 0.150. The molecule has 0 aromatic carbocycles. The second kappa shape index (κ2) is 8.57. The summed E-state index contributed by atoms with van der Waals surface area (Å²) in [5, 5.41) is 10.6. The van der Waals surface area contributed by atoms with Gasteiger partial charge < -0.3 is 10.2 Å². The molecule has 1 amide bonds. The lowest BCUT2D eigenvalue weighted by atomic mass is 9.91. The first-order valence-electron chi connectivity index (χ1n) is 10.4. The Morgan fingerprint density at radius 1 is 1.33 bits per heavy atom. The molecule has 1 N–H and O–H groups in total. The predicted molar refractivity (Wildman–Crippen MR) is 109 cm³/mol. The normalized spacial score (nSPS) is 19.9. The zero-order valence-electron chi connectivity index (χ0n) is 16.2. The van der Waals surface area contributed by atoms with Gasteiger partial charge in [-0.3, -0.25) is 9.48 Å². The molecule has 2 aliphatic rings. The van der Waals surface area contributed by atoms with E-state index < -0.39 is 0 Å². The molecule has 1 aliphatic heterocycles. The van der Waals surface area contributed by atoms with Crippen LogP contribution in [0.3, 0.4) is 0 Å². The maximum Gasteiger partial charge on any atom is 0.274 e. The van der Waals surface area contributed by atoms with Crippen LogP contribution in [0, 0.1) is 0 Å². The standard InChI is InChI=1S/C21H30N4OS/c1-2-25-19-9-8-16(22-11-10-17-7-6-14-27-17)15-18(19)20(23-25)21(26)24-12-4-3-5-13-24/h6-7,14,16,22H,2-5,8-13,15H2,1H3/t16-/m1/s1. The van der Waals surface area contributed by atoms with Gasteiger partial charge in [-0.2, -0.15) is 5.10 Å². The van der Waals surface area contributed by atoms with Gasteiger partial charge in [-0.25, -0.2) is 0 Å². The lowest BCUT2D eigenvalue weighted by Gasteiger charge is -2.27. The zero-order valence-corrected chi connectivity index (χ0v) is 17.1. The Bertz CT molecular complexity index is 761. The summed E-state index contributed by atoms with van der Waals surface area (Å²) in [5.74, 6) is 0.150. The van der Waals surface area contributed by atoms with Gasteiger partial charge in [0, 0.05) is 48.4 Å². The van der Waals surface area contributed by atoms with E-state index >= 15 is 0 Å². The molecule has 2 aromatic heterocycles. The molecule has 1 atom stereocenters. The van der Waals surface area contributed by atoms with Crippen LogP contribution in [0.15, 0.2) is 17.5 Å². The number of nitrogens with zero attached hydrogens (tertiary/aromatic N) is 3. The van der Waals surface area contributed by atoms with E-state index in [1.54, 1.807) is 0 Å². The molecule has 3 heterocycles. The number of hydrogen-bond acceptors (Lipinski definition) is 4. The number of amides is 1. The van der Waals surface area contributed by atoms with Crippen LogP contribution >= 0.6 is 11.3 Å². The summed E-state index contributed by atoms with van der Waals surface area (Å²) in [4.78, 5) is 16.6. The number of hydrogen-bond donors (Lipinski definition) is 1. The molecule has 2 aromatic rings. The summed E-state index contributed by atoms with van der Waals surface area (Å²) in [6, 6.07) is 4.76. The fourth-order valence-corrected chi connectivity index (χ4v) is 5.11. The first kappa shape index (κ1) is 18.7. The quantitative estimate of drug-likeness (QED) is 0.829. The third-order valence-corrected chi connectivity index (χ3v) is 6.81. The molecule has 0 unspecified atom stereocenters. The number of likely N-dealkylation sites (tertiary alicyclic amines) is 1. The van der Waals surface area contributed by atoms with Gasteiger partial charge in [0.15, 0.2) is 5.69 Å². The van der Waals surface area contributed by atoms with Crippen LogP contribution in [-0.4, -0.2) is 46.3 Å². The highest BCUT2D eigenvalue weighted by atomic mass is 32.1.